The third-order valence-corrected chi connectivity index (χ3v) is 6.44. The topological polar surface area (TPSA) is 55.2 Å². The van der Waals surface area contributed by atoms with Gasteiger partial charge in [0.15, 0.2) is 0 Å². The molecule has 0 saturated heterocycles. The fourth-order valence-corrected chi connectivity index (χ4v) is 4.53. The number of nitro benzene ring substituents is 1. The molecule has 4 aromatic rings. The lowest BCUT2D eigenvalue weighted by Crippen LogP contribution is -2.21. The summed E-state index contributed by atoms with van der Waals surface area (Å²) in [6.45, 7) is 1.39. The van der Waals surface area contributed by atoms with Crippen molar-refractivity contribution in [2.75, 3.05) is 13.1 Å². The molecule has 7 heteroatoms. The summed E-state index contributed by atoms with van der Waals surface area (Å²) < 4.78 is 40.0. The lowest BCUT2D eigenvalue weighted by Gasteiger charge is -2.20. The smallest absolute Gasteiger partial charge is 0.316 e. The van der Waals surface area contributed by atoms with Gasteiger partial charge in [-0.2, -0.15) is 13.2 Å². The number of halogens is 3. The molecule has 0 radical (unpaired) electrons. The maximum Gasteiger partial charge on any atom is 0.416 e. The number of fused-ring (bicyclic) bond motifs is 1. The van der Waals surface area contributed by atoms with Crippen molar-refractivity contribution in [2.45, 2.75) is 31.4 Å². The number of nitrogens with zero attached hydrogens (tertiary/aromatic N) is 1. The first-order chi connectivity index (χ1) is 17.3. The van der Waals surface area contributed by atoms with Gasteiger partial charge in [0.1, 0.15) is 0 Å². The van der Waals surface area contributed by atoms with E-state index in [1.54, 1.807) is 18.2 Å². The Balaban J connectivity index is 1.43. The Morgan fingerprint density at radius 2 is 1.58 bits per heavy atom. The van der Waals surface area contributed by atoms with Gasteiger partial charge in [0.05, 0.1) is 10.5 Å². The third kappa shape index (κ3) is 6.49. The van der Waals surface area contributed by atoms with Gasteiger partial charge in [-0.1, -0.05) is 72.8 Å². The number of nitro groups is 1. The van der Waals surface area contributed by atoms with Crippen molar-refractivity contribution in [1.29, 1.82) is 0 Å². The molecule has 0 spiro atoms. The normalized spacial score (nSPS) is 12.5. The van der Waals surface area contributed by atoms with Gasteiger partial charge in [0.25, 0.3) is 5.69 Å². The van der Waals surface area contributed by atoms with Crippen molar-refractivity contribution in [3.63, 3.8) is 0 Å². The highest BCUT2D eigenvalue weighted by Crippen LogP contribution is 2.33. The predicted molar refractivity (Wildman–Crippen MR) is 136 cm³/mol. The zero-order valence-electron chi connectivity index (χ0n) is 19.7. The average Bonchev–Trinajstić information content (AvgIpc) is 2.88. The summed E-state index contributed by atoms with van der Waals surface area (Å²) in [5.74, 6) is -0.168. The molecule has 0 aliphatic carbocycles. The molecule has 4 nitrogen and oxygen atoms in total. The standard InChI is InChI=1S/C29H27F3N2O2/c30-29(31,32)26-9-4-8-24(20-26)25(19-21-11-13-27(14-12-21)34(35)36)16-18-33-17-15-23-7-3-6-22-5-1-2-10-28(22)23/h1-14,20,25,33H,15-19H2. The first kappa shape index (κ1) is 25.4. The summed E-state index contributed by atoms with van der Waals surface area (Å²) in [5, 5.41) is 16.8. The SMILES string of the molecule is O=[N+]([O-])c1ccc(CC(CCNCCc2cccc3ccccc23)c2cccc(C(F)(F)F)c2)cc1. The molecule has 0 amide bonds. The van der Waals surface area contributed by atoms with Gasteiger partial charge in [0.2, 0.25) is 0 Å². The van der Waals surface area contributed by atoms with E-state index in [9.17, 15) is 23.3 Å². The number of hydrogen-bond acceptors (Lipinski definition) is 3. The Bertz CT molecular complexity index is 1310. The van der Waals surface area contributed by atoms with E-state index in [0.717, 1.165) is 24.6 Å². The van der Waals surface area contributed by atoms with Gasteiger partial charge in [-0.05, 0) is 71.8 Å². The molecule has 1 atom stereocenters. The Hall–Kier alpha value is -3.71. The van der Waals surface area contributed by atoms with Gasteiger partial charge >= 0.3 is 6.18 Å². The maximum atomic E-state index is 13.3. The molecule has 0 aromatic heterocycles. The van der Waals surface area contributed by atoms with Gasteiger partial charge < -0.3 is 5.32 Å². The Labute approximate surface area is 207 Å². The Kier molecular flexibility index (Phi) is 8.00. The van der Waals surface area contributed by atoms with E-state index in [2.05, 4.69) is 29.6 Å². The minimum Gasteiger partial charge on any atom is -0.316 e. The Morgan fingerprint density at radius 1 is 0.861 bits per heavy atom. The van der Waals surface area contributed by atoms with Crippen LogP contribution in [0.15, 0.2) is 91.0 Å². The fraction of sp³-hybridized carbons (Fsp3) is 0.241. The number of alkyl halides is 3. The second kappa shape index (κ2) is 11.4. The van der Waals surface area contributed by atoms with Crippen LogP contribution in [0.5, 0.6) is 0 Å². The number of non-ortho nitro benzene ring substituents is 1. The third-order valence-electron chi connectivity index (χ3n) is 6.44. The molecule has 0 aliphatic rings. The molecule has 0 bridgehead atoms. The molecule has 0 aliphatic heterocycles. The van der Waals surface area contributed by atoms with Gasteiger partial charge in [-0.25, -0.2) is 0 Å². The van der Waals surface area contributed by atoms with Crippen LogP contribution in [0, 0.1) is 10.1 Å². The van der Waals surface area contributed by atoms with E-state index in [1.165, 1.54) is 40.6 Å². The van der Waals surface area contributed by atoms with Gasteiger partial charge in [-0.3, -0.25) is 10.1 Å². The van der Waals surface area contributed by atoms with E-state index in [0.29, 0.717) is 24.9 Å². The van der Waals surface area contributed by atoms with Crippen LogP contribution in [0.3, 0.4) is 0 Å². The van der Waals surface area contributed by atoms with Crippen LogP contribution >= 0.6 is 0 Å². The van der Waals surface area contributed by atoms with Crippen LogP contribution in [0.2, 0.25) is 0 Å². The summed E-state index contributed by atoms with van der Waals surface area (Å²) in [7, 11) is 0. The van der Waals surface area contributed by atoms with Crippen LogP contribution < -0.4 is 5.32 Å². The number of benzene rings is 4. The quantitative estimate of drug-likeness (QED) is 0.143. The number of rotatable bonds is 10. The second-order valence-electron chi connectivity index (χ2n) is 8.87. The number of hydrogen-bond donors (Lipinski definition) is 1. The lowest BCUT2D eigenvalue weighted by atomic mass is 9.88. The highest BCUT2D eigenvalue weighted by Gasteiger charge is 2.31. The molecule has 36 heavy (non-hydrogen) atoms. The molecule has 4 rings (SSSR count). The molecule has 4 aromatic carbocycles. The summed E-state index contributed by atoms with van der Waals surface area (Å²) in [5.41, 5.74) is 2.03. The van der Waals surface area contributed by atoms with Crippen molar-refractivity contribution in [2.24, 2.45) is 0 Å². The van der Waals surface area contributed by atoms with Crippen molar-refractivity contribution in [3.05, 3.63) is 123 Å². The largest absolute Gasteiger partial charge is 0.416 e. The Morgan fingerprint density at radius 3 is 2.33 bits per heavy atom. The summed E-state index contributed by atoms with van der Waals surface area (Å²) in [4.78, 5) is 10.5. The van der Waals surface area contributed by atoms with E-state index in [-0.39, 0.29) is 11.6 Å². The monoisotopic (exact) mass is 492 g/mol. The lowest BCUT2D eigenvalue weighted by molar-refractivity contribution is -0.384. The minimum absolute atomic E-state index is 0.00975. The molecular formula is C29H27F3N2O2. The zero-order chi connectivity index (χ0) is 25.5. The molecule has 0 heterocycles. The van der Waals surface area contributed by atoms with E-state index < -0.39 is 16.7 Å². The van der Waals surface area contributed by atoms with Crippen LogP contribution in [0.4, 0.5) is 18.9 Å². The van der Waals surface area contributed by atoms with Crippen molar-refractivity contribution >= 4 is 16.5 Å². The summed E-state index contributed by atoms with van der Waals surface area (Å²) in [6, 6.07) is 26.2. The van der Waals surface area contributed by atoms with Crippen molar-refractivity contribution < 1.29 is 18.1 Å². The molecule has 0 fully saturated rings. The summed E-state index contributed by atoms with van der Waals surface area (Å²) in [6.07, 6.45) is -2.44. The number of nitrogens with one attached hydrogen (secondary N) is 1. The molecule has 1 N–H and O–H groups in total. The first-order valence-electron chi connectivity index (χ1n) is 11.9. The predicted octanol–water partition coefficient (Wildman–Crippen LogP) is 7.32. The van der Waals surface area contributed by atoms with E-state index >= 15 is 0 Å². The molecular weight excluding hydrogens is 465 g/mol. The van der Waals surface area contributed by atoms with Gasteiger partial charge in [0, 0.05) is 12.1 Å². The van der Waals surface area contributed by atoms with Crippen LogP contribution in [0.25, 0.3) is 10.8 Å². The van der Waals surface area contributed by atoms with Crippen LogP contribution in [-0.2, 0) is 19.0 Å². The average molecular weight is 493 g/mol. The van der Waals surface area contributed by atoms with Crippen LogP contribution in [-0.4, -0.2) is 18.0 Å². The first-order valence-corrected chi connectivity index (χ1v) is 11.9. The molecule has 1 unspecified atom stereocenters. The highest BCUT2D eigenvalue weighted by atomic mass is 19.4. The van der Waals surface area contributed by atoms with E-state index in [4.69, 9.17) is 0 Å². The molecule has 0 saturated carbocycles. The van der Waals surface area contributed by atoms with Crippen molar-refractivity contribution in [3.8, 4) is 0 Å². The fourth-order valence-electron chi connectivity index (χ4n) is 4.53. The summed E-state index contributed by atoms with van der Waals surface area (Å²) >= 11 is 0. The van der Waals surface area contributed by atoms with E-state index in [1.807, 2.05) is 18.2 Å². The van der Waals surface area contributed by atoms with Gasteiger partial charge in [-0.15, -0.1) is 0 Å². The highest BCUT2D eigenvalue weighted by molar-refractivity contribution is 5.85. The van der Waals surface area contributed by atoms with Crippen LogP contribution in [0.1, 0.15) is 34.6 Å². The maximum absolute atomic E-state index is 13.3. The zero-order valence-corrected chi connectivity index (χ0v) is 19.7. The van der Waals surface area contributed by atoms with Crippen molar-refractivity contribution in [1.82, 2.24) is 5.32 Å². The molecule has 186 valence electrons. The second-order valence-corrected chi connectivity index (χ2v) is 8.87. The minimum atomic E-state index is -4.41.